The number of thiophene rings is 2. The highest BCUT2D eigenvalue weighted by Gasteiger charge is 2.19. The molecule has 238 valence electrons. The molecule has 0 N–H and O–H groups in total. The van der Waals surface area contributed by atoms with Crippen LogP contribution in [-0.2, 0) is 0 Å². The molecule has 0 radical (unpaired) electrons. The van der Waals surface area contributed by atoms with Gasteiger partial charge < -0.3 is 4.57 Å². The van der Waals surface area contributed by atoms with E-state index in [2.05, 4.69) is 162 Å². The summed E-state index contributed by atoms with van der Waals surface area (Å²) in [5.41, 5.74) is 6.44. The highest BCUT2D eigenvalue weighted by Crippen LogP contribution is 2.42. The summed E-state index contributed by atoms with van der Waals surface area (Å²) in [4.78, 5) is 15.7. The Morgan fingerprint density at radius 2 is 0.784 bits per heavy atom. The fourth-order valence-electron chi connectivity index (χ4n) is 7.55. The first-order chi connectivity index (χ1) is 25.3. The number of benzene rings is 7. The quantitative estimate of drug-likeness (QED) is 0.185. The monoisotopic (exact) mass is 686 g/mol. The summed E-state index contributed by atoms with van der Waals surface area (Å²) >= 11 is 3.59. The van der Waals surface area contributed by atoms with Crippen LogP contribution in [-0.4, -0.2) is 19.5 Å². The summed E-state index contributed by atoms with van der Waals surface area (Å²) < 4.78 is 7.21. The number of hydrogen-bond acceptors (Lipinski definition) is 5. The number of aromatic nitrogens is 4. The molecule has 6 heteroatoms. The van der Waals surface area contributed by atoms with E-state index in [9.17, 15) is 0 Å². The molecule has 4 aromatic heterocycles. The Labute approximate surface area is 300 Å². The minimum absolute atomic E-state index is 0.653. The van der Waals surface area contributed by atoms with Crippen LogP contribution in [0.5, 0.6) is 0 Å². The molecule has 4 heterocycles. The van der Waals surface area contributed by atoms with Gasteiger partial charge in [0, 0.05) is 73.5 Å². The Hall–Kier alpha value is -6.21. The second-order valence-electron chi connectivity index (χ2n) is 12.8. The van der Waals surface area contributed by atoms with Crippen LogP contribution >= 0.6 is 22.7 Å². The maximum Gasteiger partial charge on any atom is 0.165 e. The molecule has 0 saturated carbocycles. The number of fused-ring (bicyclic) bond motifs is 9. The second-order valence-corrected chi connectivity index (χ2v) is 14.9. The van der Waals surface area contributed by atoms with Crippen molar-refractivity contribution < 1.29 is 0 Å². The lowest BCUT2D eigenvalue weighted by Gasteiger charge is -2.11. The molecule has 0 unspecified atom stereocenters. The minimum atomic E-state index is 0.653. The molecule has 7 aromatic carbocycles. The SMILES string of the molecule is c1ccc2c(c1)sc1c(-c3nc(-c4ccc(-n5c6ccccc6c6ccccc65)cc4)nc(-c4cccc5c4sc4ccccc45)n3)cccc12. The van der Waals surface area contributed by atoms with E-state index in [1.54, 1.807) is 22.7 Å². The number of para-hydroxylation sites is 2. The van der Waals surface area contributed by atoms with Crippen LogP contribution in [0.15, 0.2) is 158 Å². The first-order valence-electron chi connectivity index (χ1n) is 16.9. The fourth-order valence-corrected chi connectivity index (χ4v) is 9.98. The standard InChI is InChI=1S/C45H26N4S2/c1-5-19-37-29(11-1)30-12-2-6-20-38(30)49(37)28-25-23-27(24-26-28)43-46-44(35-17-9-15-33-31-13-3-7-21-39(31)50-41(33)35)48-45(47-43)36-18-10-16-34-32-14-4-8-22-40(32)51-42(34)36/h1-26H. The molecular formula is C45H26N4S2. The van der Waals surface area contributed by atoms with Gasteiger partial charge in [-0.2, -0.15) is 0 Å². The van der Waals surface area contributed by atoms with E-state index in [1.165, 1.54) is 62.2 Å². The predicted octanol–water partition coefficient (Wildman–Crippen LogP) is 12.7. The molecule has 0 aliphatic carbocycles. The first-order valence-corrected chi connectivity index (χ1v) is 18.6. The summed E-state index contributed by atoms with van der Waals surface area (Å²) in [6, 6.07) is 56.0. The third-order valence-corrected chi connectivity index (χ3v) is 12.3. The lowest BCUT2D eigenvalue weighted by molar-refractivity contribution is 1.08. The highest BCUT2D eigenvalue weighted by atomic mass is 32.1. The molecule has 11 rings (SSSR count). The van der Waals surface area contributed by atoms with Crippen LogP contribution in [0.4, 0.5) is 0 Å². The van der Waals surface area contributed by atoms with Crippen LogP contribution in [0.1, 0.15) is 0 Å². The smallest absolute Gasteiger partial charge is 0.165 e. The van der Waals surface area contributed by atoms with Crippen LogP contribution in [0.25, 0.3) is 102 Å². The number of hydrogen-bond donors (Lipinski definition) is 0. The minimum Gasteiger partial charge on any atom is -0.309 e. The van der Waals surface area contributed by atoms with Gasteiger partial charge in [-0.1, -0.05) is 97.1 Å². The molecule has 0 amide bonds. The zero-order valence-electron chi connectivity index (χ0n) is 27.1. The molecule has 0 aliphatic rings. The largest absolute Gasteiger partial charge is 0.309 e. The Bertz CT molecular complexity index is 2960. The molecule has 51 heavy (non-hydrogen) atoms. The molecule has 0 saturated heterocycles. The summed E-state index contributed by atoms with van der Waals surface area (Å²) in [7, 11) is 0. The average molecular weight is 687 g/mol. The number of rotatable bonds is 4. The third kappa shape index (κ3) is 4.40. The molecule has 4 nitrogen and oxygen atoms in total. The van der Waals surface area contributed by atoms with E-state index in [-0.39, 0.29) is 0 Å². The molecule has 0 atom stereocenters. The van der Waals surface area contributed by atoms with Gasteiger partial charge in [0.25, 0.3) is 0 Å². The molecule has 0 aliphatic heterocycles. The van der Waals surface area contributed by atoms with Crippen LogP contribution < -0.4 is 0 Å². The maximum absolute atomic E-state index is 5.25. The highest BCUT2D eigenvalue weighted by molar-refractivity contribution is 7.26. The van der Waals surface area contributed by atoms with E-state index in [4.69, 9.17) is 15.0 Å². The van der Waals surface area contributed by atoms with Crippen molar-refractivity contribution in [2.45, 2.75) is 0 Å². The maximum atomic E-state index is 5.25. The van der Waals surface area contributed by atoms with Crippen molar-refractivity contribution in [3.63, 3.8) is 0 Å². The zero-order valence-corrected chi connectivity index (χ0v) is 28.7. The van der Waals surface area contributed by atoms with Crippen molar-refractivity contribution in [1.82, 2.24) is 19.5 Å². The first kappa shape index (κ1) is 28.6. The predicted molar refractivity (Wildman–Crippen MR) is 216 cm³/mol. The van der Waals surface area contributed by atoms with Gasteiger partial charge in [0.2, 0.25) is 0 Å². The van der Waals surface area contributed by atoms with Crippen molar-refractivity contribution in [3.05, 3.63) is 158 Å². The van der Waals surface area contributed by atoms with Gasteiger partial charge in [-0.05, 0) is 60.7 Å². The molecule has 0 fully saturated rings. The Morgan fingerprint density at radius 1 is 0.353 bits per heavy atom. The van der Waals surface area contributed by atoms with Crippen molar-refractivity contribution >= 4 is 84.8 Å². The van der Waals surface area contributed by atoms with Crippen molar-refractivity contribution in [1.29, 1.82) is 0 Å². The summed E-state index contributed by atoms with van der Waals surface area (Å²) in [5.74, 6) is 2.01. The van der Waals surface area contributed by atoms with Crippen LogP contribution in [0, 0.1) is 0 Å². The van der Waals surface area contributed by atoms with Crippen molar-refractivity contribution in [3.8, 4) is 39.9 Å². The fraction of sp³-hybridized carbons (Fsp3) is 0. The zero-order chi connectivity index (χ0) is 33.5. The van der Waals surface area contributed by atoms with E-state index in [0.29, 0.717) is 17.5 Å². The van der Waals surface area contributed by atoms with E-state index < -0.39 is 0 Å². The van der Waals surface area contributed by atoms with Gasteiger partial charge in [-0.25, -0.2) is 15.0 Å². The van der Waals surface area contributed by atoms with E-state index >= 15 is 0 Å². The van der Waals surface area contributed by atoms with Gasteiger partial charge in [0.15, 0.2) is 17.5 Å². The van der Waals surface area contributed by atoms with Crippen molar-refractivity contribution in [2.75, 3.05) is 0 Å². The lowest BCUT2D eigenvalue weighted by atomic mass is 10.1. The van der Waals surface area contributed by atoms with Crippen LogP contribution in [0.2, 0.25) is 0 Å². The van der Waals surface area contributed by atoms with E-state index in [0.717, 1.165) is 22.4 Å². The lowest BCUT2D eigenvalue weighted by Crippen LogP contribution is -2.01. The van der Waals surface area contributed by atoms with Gasteiger partial charge in [-0.3, -0.25) is 0 Å². The average Bonchev–Trinajstić information content (AvgIpc) is 3.87. The normalized spacial score (nSPS) is 11.9. The summed E-state index contributed by atoms with van der Waals surface area (Å²) in [6.07, 6.45) is 0. The summed E-state index contributed by atoms with van der Waals surface area (Å²) in [5, 5.41) is 7.44. The molecule has 11 aromatic rings. The van der Waals surface area contributed by atoms with Gasteiger partial charge >= 0.3 is 0 Å². The second kappa shape index (κ2) is 11.2. The topological polar surface area (TPSA) is 43.6 Å². The Kier molecular flexibility index (Phi) is 6.26. The molecule has 0 spiro atoms. The van der Waals surface area contributed by atoms with Crippen molar-refractivity contribution in [2.24, 2.45) is 0 Å². The third-order valence-electron chi connectivity index (χ3n) is 9.89. The van der Waals surface area contributed by atoms with Gasteiger partial charge in [0.05, 0.1) is 11.0 Å². The number of nitrogens with zero attached hydrogens (tertiary/aromatic N) is 4. The van der Waals surface area contributed by atoms with Gasteiger partial charge in [0.1, 0.15) is 0 Å². The Morgan fingerprint density at radius 3 is 1.31 bits per heavy atom. The van der Waals surface area contributed by atoms with E-state index in [1.807, 2.05) is 0 Å². The Balaban J connectivity index is 1.13. The molecule has 0 bridgehead atoms. The molecular weight excluding hydrogens is 661 g/mol. The van der Waals surface area contributed by atoms with Gasteiger partial charge in [-0.15, -0.1) is 22.7 Å². The van der Waals surface area contributed by atoms with Crippen LogP contribution in [0.3, 0.4) is 0 Å². The summed E-state index contributed by atoms with van der Waals surface area (Å²) in [6.45, 7) is 0.